The molecule has 2 aliphatic rings. The summed E-state index contributed by atoms with van der Waals surface area (Å²) in [6.07, 6.45) is 4.29. The number of carbonyl (C=O) groups is 2. The first-order valence-corrected chi connectivity index (χ1v) is 6.56. The van der Waals surface area contributed by atoms with Crippen LogP contribution in [0.25, 0.3) is 11.6 Å². The van der Waals surface area contributed by atoms with Crippen LogP contribution in [0.1, 0.15) is 21.6 Å². The Labute approximate surface area is 123 Å². The van der Waals surface area contributed by atoms with Gasteiger partial charge in [0, 0.05) is 0 Å². The smallest absolute Gasteiger partial charge is 0.213 e. The molecule has 2 aromatic rings. The lowest BCUT2D eigenvalue weighted by molar-refractivity contribution is -0.109. The van der Waals surface area contributed by atoms with Crippen molar-refractivity contribution in [2.24, 2.45) is 0 Å². The zero-order valence-corrected chi connectivity index (χ0v) is 11.3. The van der Waals surface area contributed by atoms with Crippen LogP contribution in [0.2, 0.25) is 5.02 Å². The average Bonchev–Trinajstić information content (AvgIpc) is 3.05. The first-order valence-electron chi connectivity index (χ1n) is 6.18. The first kappa shape index (κ1) is 12.1. The molecule has 0 radical (unpaired) electrons. The Morgan fingerprint density at radius 2 is 2.05 bits per heavy atom. The SMILES string of the molecule is O=C1C=Cc2nocc2C1=C1Nc2cccc(Cl)c2C1=O. The van der Waals surface area contributed by atoms with Crippen LogP contribution in [-0.2, 0) is 4.79 Å². The van der Waals surface area contributed by atoms with Crippen LogP contribution in [-0.4, -0.2) is 16.7 Å². The van der Waals surface area contributed by atoms with Gasteiger partial charge < -0.3 is 9.84 Å². The van der Waals surface area contributed by atoms with E-state index < -0.39 is 0 Å². The van der Waals surface area contributed by atoms with E-state index in [9.17, 15) is 9.59 Å². The van der Waals surface area contributed by atoms with Crippen LogP contribution in [0.15, 0.2) is 40.8 Å². The second-order valence-electron chi connectivity index (χ2n) is 4.68. The summed E-state index contributed by atoms with van der Waals surface area (Å²) < 4.78 is 4.89. The number of fused-ring (bicyclic) bond motifs is 2. The van der Waals surface area contributed by atoms with Crippen molar-refractivity contribution in [3.05, 3.63) is 58.1 Å². The van der Waals surface area contributed by atoms with E-state index >= 15 is 0 Å². The molecule has 1 aliphatic heterocycles. The maximum absolute atomic E-state index is 12.6. The number of hydrogen-bond acceptors (Lipinski definition) is 5. The maximum Gasteiger partial charge on any atom is 0.213 e. The maximum atomic E-state index is 12.6. The standard InChI is InChI=1S/C15H7ClN2O3/c16-8-2-1-3-10-13(8)15(20)14(17-10)12-7-6-21-18-9(7)4-5-11(12)19/h1-6,17H. The largest absolute Gasteiger partial charge is 0.363 e. The van der Waals surface area contributed by atoms with Crippen LogP contribution in [0.3, 0.4) is 0 Å². The van der Waals surface area contributed by atoms with Gasteiger partial charge >= 0.3 is 0 Å². The van der Waals surface area contributed by atoms with Gasteiger partial charge in [-0.05, 0) is 24.3 Å². The summed E-state index contributed by atoms with van der Waals surface area (Å²) in [7, 11) is 0. The van der Waals surface area contributed by atoms with Crippen molar-refractivity contribution >= 4 is 40.5 Å². The van der Waals surface area contributed by atoms with E-state index in [1.165, 1.54) is 12.3 Å². The van der Waals surface area contributed by atoms with Gasteiger partial charge in [-0.2, -0.15) is 0 Å². The van der Waals surface area contributed by atoms with Crippen LogP contribution in [0.4, 0.5) is 5.69 Å². The number of halogens is 1. The fraction of sp³-hybridized carbons (Fsp3) is 0. The minimum atomic E-state index is -0.304. The van der Waals surface area contributed by atoms with E-state index in [0.717, 1.165) is 0 Å². The van der Waals surface area contributed by atoms with Gasteiger partial charge in [-0.15, -0.1) is 0 Å². The first-order chi connectivity index (χ1) is 10.2. The Morgan fingerprint density at radius 1 is 1.19 bits per heavy atom. The van der Waals surface area contributed by atoms with Crippen LogP contribution in [0, 0.1) is 0 Å². The highest BCUT2D eigenvalue weighted by molar-refractivity contribution is 6.41. The van der Waals surface area contributed by atoms with Crippen LogP contribution < -0.4 is 5.32 Å². The van der Waals surface area contributed by atoms with E-state index in [0.29, 0.717) is 27.5 Å². The number of anilines is 1. The van der Waals surface area contributed by atoms with E-state index in [-0.39, 0.29) is 22.8 Å². The van der Waals surface area contributed by atoms with Crippen molar-refractivity contribution in [3.63, 3.8) is 0 Å². The molecule has 0 saturated carbocycles. The highest BCUT2D eigenvalue weighted by atomic mass is 35.5. The number of aromatic nitrogens is 1. The summed E-state index contributed by atoms with van der Waals surface area (Å²) in [5.74, 6) is -0.577. The molecule has 0 amide bonds. The summed E-state index contributed by atoms with van der Waals surface area (Å²) in [4.78, 5) is 24.7. The molecule has 6 heteroatoms. The summed E-state index contributed by atoms with van der Waals surface area (Å²) in [5, 5.41) is 7.12. The molecule has 0 atom stereocenters. The molecule has 0 unspecified atom stereocenters. The van der Waals surface area contributed by atoms with Gasteiger partial charge in [-0.25, -0.2) is 0 Å². The lowest BCUT2D eigenvalue weighted by Crippen LogP contribution is -2.13. The topological polar surface area (TPSA) is 72.2 Å². The second kappa shape index (κ2) is 4.17. The minimum absolute atomic E-state index is 0.205. The molecule has 1 N–H and O–H groups in total. The normalized spacial score (nSPS) is 19.5. The molecule has 0 spiro atoms. The Bertz CT molecular complexity index is 877. The van der Waals surface area contributed by atoms with Crippen LogP contribution >= 0.6 is 11.6 Å². The monoisotopic (exact) mass is 298 g/mol. The fourth-order valence-electron chi connectivity index (χ4n) is 2.53. The fourth-order valence-corrected chi connectivity index (χ4v) is 2.79. The summed E-state index contributed by atoms with van der Waals surface area (Å²) in [6, 6.07) is 5.12. The van der Waals surface area contributed by atoms with Gasteiger partial charge in [-0.3, -0.25) is 9.59 Å². The third kappa shape index (κ3) is 1.61. The lowest BCUT2D eigenvalue weighted by atomic mass is 9.93. The zero-order valence-electron chi connectivity index (χ0n) is 10.5. The van der Waals surface area contributed by atoms with Gasteiger partial charge in [0.1, 0.15) is 12.0 Å². The number of ketones is 2. The van der Waals surface area contributed by atoms with E-state index in [2.05, 4.69) is 10.5 Å². The third-order valence-corrected chi connectivity index (χ3v) is 3.80. The summed E-state index contributed by atoms with van der Waals surface area (Å²) >= 11 is 6.07. The molecule has 1 aromatic carbocycles. The zero-order chi connectivity index (χ0) is 14.6. The number of allylic oxidation sites excluding steroid dienone is 3. The predicted molar refractivity (Wildman–Crippen MR) is 76.9 cm³/mol. The van der Waals surface area contributed by atoms with Gasteiger partial charge in [0.15, 0.2) is 5.78 Å². The molecular weight excluding hydrogens is 292 g/mol. The molecule has 5 nitrogen and oxygen atoms in total. The van der Waals surface area contributed by atoms with Gasteiger partial charge in [0.25, 0.3) is 0 Å². The Kier molecular flexibility index (Phi) is 2.40. The number of nitrogens with zero attached hydrogens (tertiary/aromatic N) is 1. The average molecular weight is 299 g/mol. The van der Waals surface area contributed by atoms with E-state index in [1.54, 1.807) is 24.3 Å². The Hall–Kier alpha value is -2.66. The predicted octanol–water partition coefficient (Wildman–Crippen LogP) is 2.94. The Morgan fingerprint density at radius 3 is 2.86 bits per heavy atom. The van der Waals surface area contributed by atoms with Gasteiger partial charge in [-0.1, -0.05) is 22.8 Å². The van der Waals surface area contributed by atoms with Crippen molar-refractivity contribution in [1.82, 2.24) is 5.16 Å². The van der Waals surface area contributed by atoms with Crippen molar-refractivity contribution in [2.75, 3.05) is 5.32 Å². The molecule has 0 fully saturated rings. The summed E-state index contributed by atoms with van der Waals surface area (Å²) in [5.41, 5.74) is 2.45. The Balaban J connectivity index is 1.97. The molecule has 4 rings (SSSR count). The number of nitrogens with one attached hydrogen (secondary N) is 1. The van der Waals surface area contributed by atoms with Gasteiger partial charge in [0.2, 0.25) is 5.78 Å². The number of carbonyl (C=O) groups excluding carboxylic acids is 2. The van der Waals surface area contributed by atoms with Crippen molar-refractivity contribution in [1.29, 1.82) is 0 Å². The summed E-state index contributed by atoms with van der Waals surface area (Å²) in [6.45, 7) is 0. The van der Waals surface area contributed by atoms with Crippen LogP contribution in [0.5, 0.6) is 0 Å². The quantitative estimate of drug-likeness (QED) is 0.757. The molecule has 21 heavy (non-hydrogen) atoms. The molecule has 102 valence electrons. The van der Waals surface area contributed by atoms with Crippen molar-refractivity contribution < 1.29 is 14.1 Å². The third-order valence-electron chi connectivity index (χ3n) is 3.48. The van der Waals surface area contributed by atoms with E-state index in [1.807, 2.05) is 0 Å². The molecule has 0 bridgehead atoms. The second-order valence-corrected chi connectivity index (χ2v) is 5.08. The van der Waals surface area contributed by atoms with Gasteiger partial charge in [0.05, 0.1) is 33.1 Å². The lowest BCUT2D eigenvalue weighted by Gasteiger charge is -2.09. The minimum Gasteiger partial charge on any atom is -0.363 e. The van der Waals surface area contributed by atoms with Crippen molar-refractivity contribution in [2.45, 2.75) is 0 Å². The number of Topliss-reactive ketones (excluding diaryl/α,β-unsaturated/α-hetero) is 1. The highest BCUT2D eigenvalue weighted by Gasteiger charge is 2.34. The van der Waals surface area contributed by atoms with Crippen molar-refractivity contribution in [3.8, 4) is 0 Å². The number of hydrogen-bond donors (Lipinski definition) is 1. The number of rotatable bonds is 0. The molecule has 2 heterocycles. The molecular formula is C15H7ClN2O3. The molecule has 1 aromatic heterocycles. The molecule has 0 saturated heterocycles. The number of benzene rings is 1. The van der Waals surface area contributed by atoms with E-state index in [4.69, 9.17) is 16.1 Å². The highest BCUT2D eigenvalue weighted by Crippen LogP contribution is 2.38. The molecule has 1 aliphatic carbocycles.